The maximum absolute atomic E-state index is 12.3. The molecule has 122 valence electrons. The lowest BCUT2D eigenvalue weighted by Gasteiger charge is -2.11. The molecule has 1 amide bonds. The normalized spacial score (nSPS) is 11.1. The molecule has 0 atom stereocenters. The molecular formula is C15H14Cl2N2O3S. The summed E-state index contributed by atoms with van der Waals surface area (Å²) < 4.78 is 24.7. The van der Waals surface area contributed by atoms with Crippen LogP contribution >= 0.6 is 23.2 Å². The zero-order chi connectivity index (χ0) is 17.2. The van der Waals surface area contributed by atoms with Crippen molar-refractivity contribution in [3.8, 4) is 0 Å². The van der Waals surface area contributed by atoms with Crippen LogP contribution in [-0.2, 0) is 10.0 Å². The Morgan fingerprint density at radius 3 is 2.35 bits per heavy atom. The summed E-state index contributed by atoms with van der Waals surface area (Å²) in [5.41, 5.74) is 1.86. The fourth-order valence-electron chi connectivity index (χ4n) is 1.88. The van der Waals surface area contributed by atoms with Crippen molar-refractivity contribution in [3.05, 3.63) is 57.6 Å². The SMILES string of the molecule is Cc1c(Cl)cccc1NC(=O)c1ccc(NS(C)(=O)=O)c(Cl)c1. The van der Waals surface area contributed by atoms with Crippen LogP contribution in [0.15, 0.2) is 36.4 Å². The van der Waals surface area contributed by atoms with Crippen molar-refractivity contribution in [1.82, 2.24) is 0 Å². The monoisotopic (exact) mass is 372 g/mol. The topological polar surface area (TPSA) is 75.3 Å². The van der Waals surface area contributed by atoms with Crippen LogP contribution in [0.5, 0.6) is 0 Å². The van der Waals surface area contributed by atoms with E-state index in [9.17, 15) is 13.2 Å². The molecule has 0 aliphatic carbocycles. The molecule has 5 nitrogen and oxygen atoms in total. The molecule has 8 heteroatoms. The summed E-state index contributed by atoms with van der Waals surface area (Å²) in [6.45, 7) is 1.80. The van der Waals surface area contributed by atoms with E-state index >= 15 is 0 Å². The number of halogens is 2. The highest BCUT2D eigenvalue weighted by atomic mass is 35.5. The molecule has 2 aromatic carbocycles. The highest BCUT2D eigenvalue weighted by Gasteiger charge is 2.12. The first-order valence-corrected chi connectivity index (χ1v) is 9.16. The van der Waals surface area contributed by atoms with E-state index in [1.165, 1.54) is 18.2 Å². The molecule has 23 heavy (non-hydrogen) atoms. The van der Waals surface area contributed by atoms with Crippen LogP contribution in [0, 0.1) is 6.92 Å². The minimum atomic E-state index is -3.44. The molecule has 0 spiro atoms. The molecule has 0 aromatic heterocycles. The van der Waals surface area contributed by atoms with Crippen LogP contribution in [-0.4, -0.2) is 20.6 Å². The maximum atomic E-state index is 12.3. The van der Waals surface area contributed by atoms with E-state index in [2.05, 4.69) is 10.0 Å². The van der Waals surface area contributed by atoms with Crippen LogP contribution < -0.4 is 10.0 Å². The zero-order valence-electron chi connectivity index (χ0n) is 12.4. The van der Waals surface area contributed by atoms with Gasteiger partial charge in [-0.25, -0.2) is 8.42 Å². The molecule has 0 fully saturated rings. The number of sulfonamides is 1. The number of hydrogen-bond donors (Lipinski definition) is 2. The number of anilines is 2. The van der Waals surface area contributed by atoms with Gasteiger partial charge in [0.2, 0.25) is 10.0 Å². The third kappa shape index (κ3) is 4.60. The van der Waals surface area contributed by atoms with Crippen LogP contribution in [0.25, 0.3) is 0 Å². The Morgan fingerprint density at radius 2 is 1.74 bits per heavy atom. The molecule has 0 radical (unpaired) electrons. The number of amides is 1. The lowest BCUT2D eigenvalue weighted by molar-refractivity contribution is 0.102. The van der Waals surface area contributed by atoms with E-state index in [0.717, 1.165) is 11.8 Å². The van der Waals surface area contributed by atoms with Crippen LogP contribution in [0.1, 0.15) is 15.9 Å². The first kappa shape index (κ1) is 17.6. The Balaban J connectivity index is 2.23. The summed E-state index contributed by atoms with van der Waals surface area (Å²) in [4.78, 5) is 12.3. The van der Waals surface area contributed by atoms with E-state index < -0.39 is 10.0 Å². The van der Waals surface area contributed by atoms with E-state index in [4.69, 9.17) is 23.2 Å². The molecule has 0 saturated heterocycles. The summed E-state index contributed by atoms with van der Waals surface area (Å²) in [5.74, 6) is -0.372. The van der Waals surface area contributed by atoms with Crippen LogP contribution in [0.2, 0.25) is 10.0 Å². The molecule has 0 aliphatic heterocycles. The second-order valence-electron chi connectivity index (χ2n) is 4.94. The van der Waals surface area contributed by atoms with E-state index in [0.29, 0.717) is 16.3 Å². The van der Waals surface area contributed by atoms with Gasteiger partial charge in [0.15, 0.2) is 0 Å². The van der Waals surface area contributed by atoms with Crippen LogP contribution in [0.3, 0.4) is 0 Å². The van der Waals surface area contributed by atoms with Gasteiger partial charge in [0, 0.05) is 16.3 Å². The number of nitrogens with one attached hydrogen (secondary N) is 2. The molecule has 2 rings (SSSR count). The van der Waals surface area contributed by atoms with Crippen molar-refractivity contribution in [2.24, 2.45) is 0 Å². The van der Waals surface area contributed by atoms with Gasteiger partial charge in [0.1, 0.15) is 0 Å². The standard InChI is InChI=1S/C15H14Cl2N2O3S/c1-9-11(16)4-3-5-13(9)18-15(20)10-6-7-14(12(17)8-10)19-23(2,21)22/h3-8,19H,1-2H3,(H,18,20). The van der Waals surface area contributed by atoms with E-state index in [1.54, 1.807) is 25.1 Å². The predicted molar refractivity (Wildman–Crippen MR) is 94.1 cm³/mol. The second-order valence-corrected chi connectivity index (χ2v) is 7.50. The Labute approximate surface area is 144 Å². The summed E-state index contributed by atoms with van der Waals surface area (Å²) in [7, 11) is -3.44. The smallest absolute Gasteiger partial charge is 0.255 e. The molecule has 0 saturated carbocycles. The molecule has 2 N–H and O–H groups in total. The lowest BCUT2D eigenvalue weighted by Crippen LogP contribution is -2.14. The van der Waals surface area contributed by atoms with Gasteiger partial charge < -0.3 is 5.32 Å². The number of benzene rings is 2. The van der Waals surface area contributed by atoms with Crippen molar-refractivity contribution >= 4 is 50.5 Å². The van der Waals surface area contributed by atoms with E-state index in [-0.39, 0.29) is 16.6 Å². The number of carbonyl (C=O) groups is 1. The van der Waals surface area contributed by atoms with Gasteiger partial charge in [-0.3, -0.25) is 9.52 Å². The van der Waals surface area contributed by atoms with Crippen molar-refractivity contribution < 1.29 is 13.2 Å². The highest BCUT2D eigenvalue weighted by Crippen LogP contribution is 2.26. The highest BCUT2D eigenvalue weighted by molar-refractivity contribution is 7.92. The van der Waals surface area contributed by atoms with Gasteiger partial charge in [-0.2, -0.15) is 0 Å². The first-order chi connectivity index (χ1) is 10.7. The van der Waals surface area contributed by atoms with Crippen LogP contribution in [0.4, 0.5) is 11.4 Å². The van der Waals surface area contributed by atoms with Gasteiger partial charge in [0.25, 0.3) is 5.91 Å². The Bertz CT molecular complexity index is 867. The molecule has 0 bridgehead atoms. The van der Waals surface area contributed by atoms with Gasteiger partial charge in [-0.05, 0) is 42.8 Å². The lowest BCUT2D eigenvalue weighted by atomic mass is 10.1. The van der Waals surface area contributed by atoms with E-state index in [1.807, 2.05) is 0 Å². The number of hydrogen-bond acceptors (Lipinski definition) is 3. The summed E-state index contributed by atoms with van der Waals surface area (Å²) in [6, 6.07) is 9.51. The molecule has 0 aliphatic rings. The van der Waals surface area contributed by atoms with Gasteiger partial charge >= 0.3 is 0 Å². The Morgan fingerprint density at radius 1 is 1.04 bits per heavy atom. The molecule has 2 aromatic rings. The average molecular weight is 373 g/mol. The van der Waals surface area contributed by atoms with Crippen molar-refractivity contribution in [3.63, 3.8) is 0 Å². The summed E-state index contributed by atoms with van der Waals surface area (Å²) in [6.07, 6.45) is 1.02. The largest absolute Gasteiger partial charge is 0.322 e. The fourth-order valence-corrected chi connectivity index (χ4v) is 2.91. The first-order valence-electron chi connectivity index (χ1n) is 6.51. The van der Waals surface area contributed by atoms with Crippen molar-refractivity contribution in [1.29, 1.82) is 0 Å². The van der Waals surface area contributed by atoms with Gasteiger partial charge in [-0.1, -0.05) is 29.3 Å². The fraction of sp³-hybridized carbons (Fsp3) is 0.133. The Kier molecular flexibility index (Phi) is 5.19. The number of rotatable bonds is 4. The summed E-state index contributed by atoms with van der Waals surface area (Å²) in [5, 5.41) is 3.42. The minimum Gasteiger partial charge on any atom is -0.322 e. The summed E-state index contributed by atoms with van der Waals surface area (Å²) >= 11 is 12.0. The number of carbonyl (C=O) groups excluding carboxylic acids is 1. The van der Waals surface area contributed by atoms with Crippen molar-refractivity contribution in [2.75, 3.05) is 16.3 Å². The third-order valence-corrected chi connectivity index (χ3v) is 4.36. The van der Waals surface area contributed by atoms with Crippen molar-refractivity contribution in [2.45, 2.75) is 6.92 Å². The molecule has 0 unspecified atom stereocenters. The average Bonchev–Trinajstić information content (AvgIpc) is 2.44. The Hall–Kier alpha value is -1.76. The second kappa shape index (κ2) is 6.78. The van der Waals surface area contributed by atoms with Gasteiger partial charge in [-0.15, -0.1) is 0 Å². The molecular weight excluding hydrogens is 359 g/mol. The predicted octanol–water partition coefficient (Wildman–Crippen LogP) is 3.93. The third-order valence-electron chi connectivity index (χ3n) is 3.04. The molecule has 0 heterocycles. The maximum Gasteiger partial charge on any atom is 0.255 e. The zero-order valence-corrected chi connectivity index (χ0v) is 14.7. The quantitative estimate of drug-likeness (QED) is 0.853. The minimum absolute atomic E-state index is 0.130. The van der Waals surface area contributed by atoms with Gasteiger partial charge in [0.05, 0.1) is 17.0 Å².